The molecule has 3 heteroatoms. The van der Waals surface area contributed by atoms with Crippen molar-refractivity contribution in [1.82, 2.24) is 0 Å². The Kier molecular flexibility index (Phi) is 5.28. The number of phenols is 1. The lowest BCUT2D eigenvalue weighted by Crippen LogP contribution is -2.17. The molecule has 0 spiro atoms. The SMILES string of the molecule is CC(C)(C)c1cc(/C=C(/C#N)c2ccccc2F)cc(C(C)(C)C)c1O. The fraction of sp³-hybridized carbons (Fsp3) is 0.348. The molecular formula is C23H26FNO. The summed E-state index contributed by atoms with van der Waals surface area (Å²) in [6.07, 6.45) is 1.68. The summed E-state index contributed by atoms with van der Waals surface area (Å²) >= 11 is 0. The van der Waals surface area contributed by atoms with Crippen LogP contribution in [0.4, 0.5) is 4.39 Å². The van der Waals surface area contributed by atoms with E-state index in [1.165, 1.54) is 6.07 Å². The molecule has 0 bridgehead atoms. The molecule has 0 heterocycles. The fourth-order valence-electron chi connectivity index (χ4n) is 2.90. The van der Waals surface area contributed by atoms with E-state index in [9.17, 15) is 14.8 Å². The third-order valence-corrected chi connectivity index (χ3v) is 4.34. The van der Waals surface area contributed by atoms with Crippen LogP contribution in [0, 0.1) is 17.1 Å². The van der Waals surface area contributed by atoms with Gasteiger partial charge in [0, 0.05) is 16.7 Å². The topological polar surface area (TPSA) is 44.0 Å². The predicted octanol–water partition coefficient (Wildman–Crippen LogP) is 6.19. The molecule has 2 nitrogen and oxygen atoms in total. The monoisotopic (exact) mass is 351 g/mol. The van der Waals surface area contributed by atoms with Crippen LogP contribution >= 0.6 is 0 Å². The van der Waals surface area contributed by atoms with Crippen LogP contribution in [-0.2, 0) is 10.8 Å². The molecule has 2 aromatic rings. The van der Waals surface area contributed by atoms with Crippen LogP contribution in [0.1, 0.15) is 63.8 Å². The van der Waals surface area contributed by atoms with Crippen molar-refractivity contribution in [2.24, 2.45) is 0 Å². The lowest BCUT2D eigenvalue weighted by molar-refractivity contribution is 0.423. The molecule has 1 N–H and O–H groups in total. The number of aromatic hydroxyl groups is 1. The zero-order valence-electron chi connectivity index (χ0n) is 16.3. The van der Waals surface area contributed by atoms with E-state index in [-0.39, 0.29) is 27.7 Å². The average molecular weight is 351 g/mol. The second-order valence-electron chi connectivity index (χ2n) is 8.61. The third kappa shape index (κ3) is 4.14. The Labute approximate surface area is 155 Å². The van der Waals surface area contributed by atoms with Gasteiger partial charge in [0.15, 0.2) is 0 Å². The summed E-state index contributed by atoms with van der Waals surface area (Å²) in [5, 5.41) is 20.3. The van der Waals surface area contributed by atoms with Gasteiger partial charge in [0.25, 0.3) is 0 Å². The Morgan fingerprint density at radius 2 is 1.50 bits per heavy atom. The van der Waals surface area contributed by atoms with Crippen molar-refractivity contribution in [3.05, 3.63) is 64.5 Å². The van der Waals surface area contributed by atoms with Crippen LogP contribution < -0.4 is 0 Å². The quantitative estimate of drug-likeness (QED) is 0.518. The molecule has 0 saturated heterocycles. The molecule has 0 atom stereocenters. The third-order valence-electron chi connectivity index (χ3n) is 4.34. The van der Waals surface area contributed by atoms with Gasteiger partial charge >= 0.3 is 0 Å². The normalized spacial score (nSPS) is 12.8. The number of hydrogen-bond donors (Lipinski definition) is 1. The van der Waals surface area contributed by atoms with E-state index in [0.29, 0.717) is 0 Å². The maximum atomic E-state index is 14.1. The summed E-state index contributed by atoms with van der Waals surface area (Å²) in [5.41, 5.74) is 2.39. The van der Waals surface area contributed by atoms with Crippen LogP contribution in [-0.4, -0.2) is 5.11 Å². The second-order valence-corrected chi connectivity index (χ2v) is 8.61. The maximum Gasteiger partial charge on any atom is 0.131 e. The van der Waals surface area contributed by atoms with E-state index < -0.39 is 5.82 Å². The molecule has 26 heavy (non-hydrogen) atoms. The van der Waals surface area contributed by atoms with Crippen LogP contribution in [0.2, 0.25) is 0 Å². The Morgan fingerprint density at radius 1 is 1.00 bits per heavy atom. The lowest BCUT2D eigenvalue weighted by atomic mass is 9.78. The van der Waals surface area contributed by atoms with E-state index in [2.05, 4.69) is 6.07 Å². The minimum atomic E-state index is -0.425. The number of halogens is 1. The fourth-order valence-corrected chi connectivity index (χ4v) is 2.90. The number of nitriles is 1. The Bertz CT molecular complexity index is 855. The number of nitrogens with zero attached hydrogens (tertiary/aromatic N) is 1. The average Bonchev–Trinajstić information content (AvgIpc) is 2.52. The van der Waals surface area contributed by atoms with Gasteiger partial charge < -0.3 is 5.11 Å². The Morgan fingerprint density at radius 3 is 1.92 bits per heavy atom. The molecule has 0 aliphatic rings. The van der Waals surface area contributed by atoms with Gasteiger partial charge in [0.1, 0.15) is 11.6 Å². The summed E-state index contributed by atoms with van der Waals surface area (Å²) in [5.74, 6) is -0.141. The standard InChI is InChI=1S/C23H26FNO/c1-22(2,3)18-12-15(13-19(21(18)26)23(4,5)6)11-16(14-25)17-9-7-8-10-20(17)24/h7-13,26H,1-6H3/b16-11-. The first-order valence-corrected chi connectivity index (χ1v) is 8.70. The van der Waals surface area contributed by atoms with Crippen molar-refractivity contribution in [2.75, 3.05) is 0 Å². The first-order chi connectivity index (χ1) is 11.9. The van der Waals surface area contributed by atoms with Crippen molar-refractivity contribution in [2.45, 2.75) is 52.4 Å². The second kappa shape index (κ2) is 6.96. The van der Waals surface area contributed by atoms with E-state index in [0.717, 1.165) is 16.7 Å². The van der Waals surface area contributed by atoms with E-state index >= 15 is 0 Å². The molecule has 2 aromatic carbocycles. The van der Waals surface area contributed by atoms with Crippen LogP contribution in [0.25, 0.3) is 11.6 Å². The molecule has 0 fully saturated rings. The van der Waals surface area contributed by atoms with Gasteiger partial charge in [0.05, 0.1) is 11.6 Å². The molecule has 0 radical (unpaired) electrons. The van der Waals surface area contributed by atoms with Gasteiger partial charge in [-0.2, -0.15) is 5.26 Å². The summed E-state index contributed by atoms with van der Waals surface area (Å²) in [6, 6.07) is 12.1. The van der Waals surface area contributed by atoms with Crippen LogP contribution in [0.3, 0.4) is 0 Å². The maximum absolute atomic E-state index is 14.1. The number of rotatable bonds is 2. The number of hydrogen-bond acceptors (Lipinski definition) is 2. The Hall–Kier alpha value is -2.60. The number of phenolic OH excluding ortho intramolecular Hbond substituents is 1. The number of allylic oxidation sites excluding steroid dienone is 1. The summed E-state index contributed by atoms with van der Waals surface area (Å²) in [4.78, 5) is 0. The molecule has 0 aromatic heterocycles. The van der Waals surface area contributed by atoms with Gasteiger partial charge in [-0.25, -0.2) is 4.39 Å². The van der Waals surface area contributed by atoms with Gasteiger partial charge in [0.2, 0.25) is 0 Å². The highest BCUT2D eigenvalue weighted by Gasteiger charge is 2.26. The smallest absolute Gasteiger partial charge is 0.131 e. The Balaban J connectivity index is 2.73. The van der Waals surface area contributed by atoms with Crippen molar-refractivity contribution in [3.63, 3.8) is 0 Å². The molecule has 136 valence electrons. The van der Waals surface area contributed by atoms with E-state index in [4.69, 9.17) is 0 Å². The highest BCUT2D eigenvalue weighted by atomic mass is 19.1. The molecule has 0 amide bonds. The largest absolute Gasteiger partial charge is 0.507 e. The van der Waals surface area contributed by atoms with Crippen molar-refractivity contribution in [3.8, 4) is 11.8 Å². The zero-order valence-corrected chi connectivity index (χ0v) is 16.3. The highest BCUT2D eigenvalue weighted by Crippen LogP contribution is 2.40. The predicted molar refractivity (Wildman–Crippen MR) is 105 cm³/mol. The van der Waals surface area contributed by atoms with Gasteiger partial charge in [-0.15, -0.1) is 0 Å². The van der Waals surface area contributed by atoms with Gasteiger partial charge in [-0.05, 0) is 40.7 Å². The summed E-state index contributed by atoms with van der Waals surface area (Å²) < 4.78 is 14.1. The van der Waals surface area contributed by atoms with E-state index in [1.54, 1.807) is 24.3 Å². The molecule has 2 rings (SSSR count). The summed E-state index contributed by atoms with van der Waals surface area (Å²) in [6.45, 7) is 12.2. The van der Waals surface area contributed by atoms with Crippen LogP contribution in [0.15, 0.2) is 36.4 Å². The zero-order chi connectivity index (χ0) is 19.7. The summed E-state index contributed by atoms with van der Waals surface area (Å²) in [7, 11) is 0. The van der Waals surface area contributed by atoms with Gasteiger partial charge in [-0.1, -0.05) is 59.7 Å². The molecular weight excluding hydrogens is 325 g/mol. The minimum absolute atomic E-state index is 0.258. The first kappa shape index (κ1) is 19.7. The van der Waals surface area contributed by atoms with Crippen molar-refractivity contribution < 1.29 is 9.50 Å². The lowest BCUT2D eigenvalue weighted by Gasteiger charge is -2.28. The van der Waals surface area contributed by atoms with Crippen molar-refractivity contribution in [1.29, 1.82) is 5.26 Å². The molecule has 0 aliphatic heterocycles. The van der Waals surface area contributed by atoms with E-state index in [1.807, 2.05) is 53.7 Å². The molecule has 0 unspecified atom stereocenters. The van der Waals surface area contributed by atoms with Gasteiger partial charge in [-0.3, -0.25) is 0 Å². The molecule has 0 aliphatic carbocycles. The van der Waals surface area contributed by atoms with Crippen LogP contribution in [0.5, 0.6) is 5.75 Å². The minimum Gasteiger partial charge on any atom is -0.507 e. The number of benzene rings is 2. The first-order valence-electron chi connectivity index (χ1n) is 8.70. The highest BCUT2D eigenvalue weighted by molar-refractivity contribution is 5.90. The molecule has 0 saturated carbocycles. The van der Waals surface area contributed by atoms with Crippen molar-refractivity contribution >= 4 is 11.6 Å².